The summed E-state index contributed by atoms with van der Waals surface area (Å²) < 4.78 is 33.8. The van der Waals surface area contributed by atoms with E-state index >= 15 is 0 Å². The van der Waals surface area contributed by atoms with Crippen molar-refractivity contribution < 1.29 is 42.1 Å². The van der Waals surface area contributed by atoms with Gasteiger partial charge in [-0.05, 0) is 64.2 Å². The molecule has 0 aromatic heterocycles. The largest absolute Gasteiger partial charge is 0.756 e. The summed E-state index contributed by atoms with van der Waals surface area (Å²) >= 11 is 0. The van der Waals surface area contributed by atoms with Gasteiger partial charge >= 0.3 is 11.9 Å². The molecule has 0 spiro atoms. The molecular formula is C44H84NO8P. The van der Waals surface area contributed by atoms with Gasteiger partial charge in [-0.15, -0.1) is 0 Å². The highest BCUT2D eigenvalue weighted by Gasteiger charge is 2.21. The molecule has 9 nitrogen and oxygen atoms in total. The minimum absolute atomic E-state index is 0.0359. The summed E-state index contributed by atoms with van der Waals surface area (Å²) in [6.45, 7) is 4.19. The second-order valence-electron chi connectivity index (χ2n) is 16.1. The first-order valence-electron chi connectivity index (χ1n) is 22.0. The summed E-state index contributed by atoms with van der Waals surface area (Å²) in [4.78, 5) is 37.5. The van der Waals surface area contributed by atoms with E-state index < -0.39 is 32.5 Å². The standard InChI is InChI=1S/C44H84NO8P/c1-6-8-10-12-14-16-18-20-22-24-26-28-30-32-34-36-43(46)50-40-42(41-52-54(48,49)51-39-38-45(3,4)5)53-44(47)37-35-33-31-29-27-25-23-21-19-17-15-13-11-9-7-2/h26-29,42H,6-25,30-41H2,1-5H3/b28-26+,29-27+. The first-order chi connectivity index (χ1) is 26.0. The Hall–Kier alpha value is -1.51. The van der Waals surface area contributed by atoms with Crippen LogP contribution in [0.1, 0.15) is 194 Å². The molecule has 0 bridgehead atoms. The lowest BCUT2D eigenvalue weighted by Crippen LogP contribution is -2.37. The van der Waals surface area contributed by atoms with Crippen LogP contribution in [0.2, 0.25) is 0 Å². The number of rotatable bonds is 40. The van der Waals surface area contributed by atoms with Gasteiger partial charge in [0.2, 0.25) is 0 Å². The smallest absolute Gasteiger partial charge is 0.306 e. The average Bonchev–Trinajstić information content (AvgIpc) is 3.12. The van der Waals surface area contributed by atoms with Crippen molar-refractivity contribution in [3.05, 3.63) is 24.3 Å². The van der Waals surface area contributed by atoms with Crippen molar-refractivity contribution in [2.75, 3.05) is 47.5 Å². The summed E-state index contributed by atoms with van der Waals surface area (Å²) in [5.74, 6) is -0.882. The number of unbranched alkanes of at least 4 members (excludes halogenated alkanes) is 22. The van der Waals surface area contributed by atoms with Gasteiger partial charge in [0.1, 0.15) is 19.8 Å². The molecule has 54 heavy (non-hydrogen) atoms. The number of phosphoric acid groups is 1. The Morgan fingerprint density at radius 3 is 1.37 bits per heavy atom. The quantitative estimate of drug-likeness (QED) is 0.0198. The van der Waals surface area contributed by atoms with Crippen LogP contribution in [0.4, 0.5) is 0 Å². The Balaban J connectivity index is 4.41. The fourth-order valence-corrected chi connectivity index (χ4v) is 6.67. The van der Waals surface area contributed by atoms with Crippen LogP contribution in [0, 0.1) is 0 Å². The molecule has 0 aromatic carbocycles. The van der Waals surface area contributed by atoms with Crippen LogP contribution in [0.15, 0.2) is 24.3 Å². The van der Waals surface area contributed by atoms with Gasteiger partial charge in [0.05, 0.1) is 27.7 Å². The lowest BCUT2D eigenvalue weighted by molar-refractivity contribution is -0.870. The Morgan fingerprint density at radius 2 is 0.944 bits per heavy atom. The minimum atomic E-state index is -4.63. The van der Waals surface area contributed by atoms with E-state index in [1.54, 1.807) is 0 Å². The molecule has 0 radical (unpaired) electrons. The molecule has 0 rings (SSSR count). The molecule has 318 valence electrons. The van der Waals surface area contributed by atoms with Crippen LogP contribution >= 0.6 is 7.82 Å². The molecule has 0 saturated carbocycles. The number of nitrogens with zero attached hydrogens (tertiary/aromatic N) is 1. The summed E-state index contributed by atoms with van der Waals surface area (Å²) in [7, 11) is 1.15. The van der Waals surface area contributed by atoms with E-state index in [0.717, 1.165) is 38.5 Å². The molecule has 10 heteroatoms. The molecular weight excluding hydrogens is 701 g/mol. The maximum Gasteiger partial charge on any atom is 0.306 e. The number of carbonyl (C=O) groups is 2. The fraction of sp³-hybridized carbons (Fsp3) is 0.864. The Bertz CT molecular complexity index is 980. The number of phosphoric ester groups is 1. The average molecular weight is 786 g/mol. The number of carbonyl (C=O) groups excluding carboxylic acids is 2. The van der Waals surface area contributed by atoms with Crippen molar-refractivity contribution in [1.82, 2.24) is 0 Å². The van der Waals surface area contributed by atoms with Gasteiger partial charge in [0.15, 0.2) is 6.10 Å². The van der Waals surface area contributed by atoms with Gasteiger partial charge in [0, 0.05) is 12.8 Å². The zero-order chi connectivity index (χ0) is 40.0. The summed E-state index contributed by atoms with van der Waals surface area (Å²) in [6.07, 6.45) is 39.2. The third-order valence-electron chi connectivity index (χ3n) is 9.44. The highest BCUT2D eigenvalue weighted by Crippen LogP contribution is 2.38. The third-order valence-corrected chi connectivity index (χ3v) is 10.4. The van der Waals surface area contributed by atoms with E-state index in [-0.39, 0.29) is 26.1 Å². The molecule has 0 heterocycles. The number of quaternary nitrogens is 1. The van der Waals surface area contributed by atoms with Crippen LogP contribution in [0.25, 0.3) is 0 Å². The van der Waals surface area contributed by atoms with Crippen molar-refractivity contribution in [1.29, 1.82) is 0 Å². The molecule has 2 unspecified atom stereocenters. The molecule has 2 atom stereocenters. The maximum absolute atomic E-state index is 12.6. The topological polar surface area (TPSA) is 111 Å². The predicted molar refractivity (Wildman–Crippen MR) is 222 cm³/mol. The van der Waals surface area contributed by atoms with E-state index in [9.17, 15) is 19.0 Å². The fourth-order valence-electron chi connectivity index (χ4n) is 5.94. The molecule has 0 N–H and O–H groups in total. The zero-order valence-electron chi connectivity index (χ0n) is 35.7. The molecule has 0 aromatic rings. The molecule has 0 aliphatic carbocycles. The van der Waals surface area contributed by atoms with Crippen molar-refractivity contribution >= 4 is 19.8 Å². The Morgan fingerprint density at radius 1 is 0.556 bits per heavy atom. The Kier molecular flexibility index (Phi) is 36.1. The first kappa shape index (κ1) is 52.5. The van der Waals surface area contributed by atoms with Crippen molar-refractivity contribution in [2.45, 2.75) is 200 Å². The summed E-state index contributed by atoms with van der Waals surface area (Å²) in [5.41, 5.74) is 0. The normalized spacial score (nSPS) is 13.8. The van der Waals surface area contributed by atoms with Crippen molar-refractivity contribution in [2.24, 2.45) is 0 Å². The van der Waals surface area contributed by atoms with Crippen LogP contribution in [-0.4, -0.2) is 70.0 Å². The monoisotopic (exact) mass is 786 g/mol. The van der Waals surface area contributed by atoms with Crippen molar-refractivity contribution in [3.8, 4) is 0 Å². The van der Waals surface area contributed by atoms with Gasteiger partial charge < -0.3 is 27.9 Å². The van der Waals surface area contributed by atoms with Crippen LogP contribution in [-0.2, 0) is 32.7 Å². The minimum Gasteiger partial charge on any atom is -0.756 e. The number of ether oxygens (including phenoxy) is 2. The van der Waals surface area contributed by atoms with Crippen LogP contribution < -0.4 is 4.89 Å². The van der Waals surface area contributed by atoms with Gasteiger partial charge in [-0.2, -0.15) is 0 Å². The van der Waals surface area contributed by atoms with E-state index in [1.807, 2.05) is 21.1 Å². The molecule has 0 amide bonds. The highest BCUT2D eigenvalue weighted by atomic mass is 31.2. The highest BCUT2D eigenvalue weighted by molar-refractivity contribution is 7.45. The summed E-state index contributed by atoms with van der Waals surface area (Å²) in [5, 5.41) is 0. The second kappa shape index (κ2) is 37.1. The molecule has 0 aliphatic heterocycles. The number of esters is 2. The predicted octanol–water partition coefficient (Wildman–Crippen LogP) is 11.7. The lowest BCUT2D eigenvalue weighted by atomic mass is 10.1. The van der Waals surface area contributed by atoms with Gasteiger partial charge in [-0.1, -0.05) is 141 Å². The first-order valence-corrected chi connectivity index (χ1v) is 23.5. The maximum atomic E-state index is 12.6. The third kappa shape index (κ3) is 40.2. The van der Waals surface area contributed by atoms with Gasteiger partial charge in [0.25, 0.3) is 7.82 Å². The SMILES string of the molecule is CCCCCCCCCCC/C=C/CCCCC(=O)OCC(COP(=O)([O-])OCC[N+](C)(C)C)OC(=O)CCCC/C=C/CCCCCCCCCCC. The van der Waals surface area contributed by atoms with Crippen LogP contribution in [0.3, 0.4) is 0 Å². The number of likely N-dealkylation sites (N-methyl/N-ethyl adjacent to an activating group) is 1. The van der Waals surface area contributed by atoms with E-state index in [1.165, 1.54) is 116 Å². The van der Waals surface area contributed by atoms with E-state index in [0.29, 0.717) is 23.9 Å². The van der Waals surface area contributed by atoms with E-state index in [2.05, 4.69) is 38.2 Å². The number of hydrogen-bond donors (Lipinski definition) is 0. The van der Waals surface area contributed by atoms with Crippen molar-refractivity contribution in [3.63, 3.8) is 0 Å². The Labute approximate surface area is 332 Å². The van der Waals surface area contributed by atoms with Gasteiger partial charge in [-0.3, -0.25) is 14.2 Å². The lowest BCUT2D eigenvalue weighted by Gasteiger charge is -2.28. The summed E-state index contributed by atoms with van der Waals surface area (Å²) in [6, 6.07) is 0. The zero-order valence-corrected chi connectivity index (χ0v) is 36.6. The van der Waals surface area contributed by atoms with Gasteiger partial charge in [-0.25, -0.2) is 0 Å². The number of allylic oxidation sites excluding steroid dienone is 4. The second-order valence-corrected chi connectivity index (χ2v) is 17.5. The molecule has 0 aliphatic rings. The van der Waals surface area contributed by atoms with E-state index in [4.69, 9.17) is 18.5 Å². The molecule has 0 saturated heterocycles. The molecule has 0 fully saturated rings. The number of hydrogen-bond acceptors (Lipinski definition) is 8. The van der Waals surface area contributed by atoms with Crippen LogP contribution in [0.5, 0.6) is 0 Å².